The monoisotopic (exact) mass is 533 g/mol. The lowest BCUT2D eigenvalue weighted by Crippen LogP contribution is -2.33. The first-order valence-electron chi connectivity index (χ1n) is 8.91. The van der Waals surface area contributed by atoms with Crippen molar-refractivity contribution in [2.24, 2.45) is 0 Å². The van der Waals surface area contributed by atoms with Gasteiger partial charge in [-0.05, 0) is 42.3 Å². The van der Waals surface area contributed by atoms with Gasteiger partial charge < -0.3 is 9.15 Å². The van der Waals surface area contributed by atoms with Gasteiger partial charge in [0.15, 0.2) is 0 Å². The second kappa shape index (κ2) is 9.11. The summed E-state index contributed by atoms with van der Waals surface area (Å²) in [5, 5.41) is 6.19. The number of nitrogens with zero attached hydrogens (tertiary/aromatic N) is 1. The fraction of sp³-hybridized carbons (Fsp3) is 0.263. The lowest BCUT2D eigenvalue weighted by molar-refractivity contribution is 0.378. The third-order valence-corrected chi connectivity index (χ3v) is 7.18. The molecule has 0 saturated heterocycles. The first-order chi connectivity index (χ1) is 14.5. The maximum atomic E-state index is 14.2. The van der Waals surface area contributed by atoms with Crippen molar-refractivity contribution in [3.8, 4) is 5.75 Å². The Labute approximate surface area is 190 Å². The van der Waals surface area contributed by atoms with Crippen LogP contribution < -0.4 is 15.2 Å². The van der Waals surface area contributed by atoms with Crippen LogP contribution in [-0.4, -0.2) is 25.7 Å². The number of hydrogen-bond donors (Lipinski definition) is 2. The van der Waals surface area contributed by atoms with Gasteiger partial charge in [-0.2, -0.15) is 4.72 Å². The quantitative estimate of drug-likeness (QED) is 0.473. The number of benzene rings is 2. The summed E-state index contributed by atoms with van der Waals surface area (Å²) in [4.78, 5) is 11.4. The minimum absolute atomic E-state index is 0.0259. The van der Waals surface area contributed by atoms with E-state index in [0.29, 0.717) is 20.6 Å². The summed E-state index contributed by atoms with van der Waals surface area (Å²) in [5.41, 5.74) is 0.800. The molecule has 1 aromatic heterocycles. The van der Waals surface area contributed by atoms with Crippen LogP contribution >= 0.6 is 27.5 Å². The largest absolute Gasteiger partial charge is 0.495 e. The fourth-order valence-corrected chi connectivity index (χ4v) is 5.60. The summed E-state index contributed by atoms with van der Waals surface area (Å²) in [6, 6.07) is 5.71. The number of methoxy groups -OCH3 is 1. The minimum atomic E-state index is -4.21. The minimum Gasteiger partial charge on any atom is -0.495 e. The van der Waals surface area contributed by atoms with Crippen LogP contribution in [0.25, 0.3) is 0 Å². The maximum absolute atomic E-state index is 14.2. The van der Waals surface area contributed by atoms with E-state index in [1.807, 2.05) is 0 Å². The summed E-state index contributed by atoms with van der Waals surface area (Å²) in [7, 11) is -2.90. The molecule has 12 heteroatoms. The molecule has 0 aliphatic heterocycles. The zero-order valence-electron chi connectivity index (χ0n) is 16.6. The number of sulfonamides is 1. The van der Waals surface area contributed by atoms with Crippen LogP contribution in [0.5, 0.6) is 5.75 Å². The second-order valence-electron chi connectivity index (χ2n) is 6.70. The zero-order valence-corrected chi connectivity index (χ0v) is 19.7. The van der Waals surface area contributed by atoms with Crippen LogP contribution in [0, 0.1) is 12.7 Å². The molecule has 0 unspecified atom stereocenters. The highest BCUT2D eigenvalue weighted by Gasteiger charge is 2.34. The number of hydrogen-bond acceptors (Lipinski definition) is 6. The predicted octanol–water partition coefficient (Wildman–Crippen LogP) is 4.06. The zero-order chi connectivity index (χ0) is 22.9. The molecule has 0 bridgehead atoms. The van der Waals surface area contributed by atoms with E-state index in [0.717, 1.165) is 0 Å². The second-order valence-corrected chi connectivity index (χ2v) is 9.68. The topological polar surface area (TPSA) is 114 Å². The normalized spacial score (nSPS) is 13.7. The van der Waals surface area contributed by atoms with E-state index in [-0.39, 0.29) is 16.5 Å². The number of aromatic nitrogens is 2. The average Bonchev–Trinajstić information content (AvgIpc) is 3.14. The molecule has 0 spiro atoms. The third kappa shape index (κ3) is 4.84. The van der Waals surface area contributed by atoms with Crippen molar-refractivity contribution in [2.75, 3.05) is 7.11 Å². The summed E-state index contributed by atoms with van der Waals surface area (Å²) in [6.07, 6.45) is 0. The van der Waals surface area contributed by atoms with Crippen LogP contribution in [0.3, 0.4) is 0 Å². The molecule has 3 rings (SSSR count). The molecule has 0 aliphatic carbocycles. The van der Waals surface area contributed by atoms with Crippen molar-refractivity contribution in [1.82, 2.24) is 14.9 Å². The molecule has 2 aromatic carbocycles. The predicted molar refractivity (Wildman–Crippen MR) is 115 cm³/mol. The molecule has 0 amide bonds. The number of H-pyrrole nitrogens is 1. The number of nitrogens with one attached hydrogen (secondary N) is 2. The molecule has 3 aromatic rings. The molecule has 0 fully saturated rings. The van der Waals surface area contributed by atoms with Crippen molar-refractivity contribution in [1.29, 1.82) is 0 Å². The molecule has 0 saturated carbocycles. The molecular formula is C19H18BrClFN3O5S. The smallest absolute Gasteiger partial charge is 0.434 e. The van der Waals surface area contributed by atoms with Gasteiger partial charge in [-0.3, -0.25) is 0 Å². The molecule has 0 radical (unpaired) electrons. The molecule has 2 atom stereocenters. The lowest BCUT2D eigenvalue weighted by Gasteiger charge is -2.25. The first kappa shape index (κ1) is 23.5. The Morgan fingerprint density at radius 2 is 2.03 bits per heavy atom. The average molecular weight is 535 g/mol. The van der Waals surface area contributed by atoms with Crippen molar-refractivity contribution >= 4 is 37.6 Å². The van der Waals surface area contributed by atoms with E-state index in [1.54, 1.807) is 13.8 Å². The van der Waals surface area contributed by atoms with Gasteiger partial charge in [0.1, 0.15) is 22.5 Å². The van der Waals surface area contributed by atoms with E-state index in [2.05, 4.69) is 30.8 Å². The third-order valence-electron chi connectivity index (χ3n) is 4.77. The van der Waals surface area contributed by atoms with Gasteiger partial charge in [-0.1, -0.05) is 34.5 Å². The highest BCUT2D eigenvalue weighted by Crippen LogP contribution is 2.38. The molecule has 2 N–H and O–H groups in total. The van der Waals surface area contributed by atoms with E-state index < -0.39 is 33.6 Å². The standard InChI is InChI=1S/C19H18BrClFN3O5S/c1-9-13(22)6-5-12(20)16(9)10(2)17(18-23-24-19(26)30-18)25-31(27,28)15-7-4-11(21)8-14(15)29-3/h4-8,10,17,25H,1-3H3,(H,24,26)/t10-,17+/m1/s1. The molecule has 31 heavy (non-hydrogen) atoms. The van der Waals surface area contributed by atoms with Crippen LogP contribution in [0.15, 0.2) is 48.9 Å². The lowest BCUT2D eigenvalue weighted by atomic mass is 9.90. The Kier molecular flexibility index (Phi) is 6.89. The number of rotatable bonds is 7. The Morgan fingerprint density at radius 1 is 1.32 bits per heavy atom. The molecular weight excluding hydrogens is 517 g/mol. The van der Waals surface area contributed by atoms with Gasteiger partial charge in [0.25, 0.3) is 0 Å². The first-order valence-corrected chi connectivity index (χ1v) is 11.6. The Morgan fingerprint density at radius 3 is 2.65 bits per heavy atom. The maximum Gasteiger partial charge on any atom is 0.434 e. The number of ether oxygens (including phenoxy) is 1. The summed E-state index contributed by atoms with van der Waals surface area (Å²) in [6.45, 7) is 3.23. The molecule has 0 aliphatic rings. The van der Waals surface area contributed by atoms with Gasteiger partial charge in [0, 0.05) is 21.5 Å². The van der Waals surface area contributed by atoms with Gasteiger partial charge in [-0.15, -0.1) is 5.10 Å². The van der Waals surface area contributed by atoms with Crippen LogP contribution in [-0.2, 0) is 10.0 Å². The molecule has 166 valence electrons. The molecule has 1 heterocycles. The van der Waals surface area contributed by atoms with Crippen molar-refractivity contribution in [3.05, 3.63) is 73.2 Å². The number of halogens is 3. The van der Waals surface area contributed by atoms with Crippen LogP contribution in [0.2, 0.25) is 5.02 Å². The van der Waals surface area contributed by atoms with E-state index in [4.69, 9.17) is 20.8 Å². The summed E-state index contributed by atoms with van der Waals surface area (Å²) >= 11 is 9.31. The Hall–Kier alpha value is -2.21. The Balaban J connectivity index is 2.12. The summed E-state index contributed by atoms with van der Waals surface area (Å²) < 4.78 is 53.9. The highest BCUT2D eigenvalue weighted by atomic mass is 79.9. The van der Waals surface area contributed by atoms with Gasteiger partial charge >= 0.3 is 5.76 Å². The van der Waals surface area contributed by atoms with E-state index in [9.17, 15) is 17.6 Å². The van der Waals surface area contributed by atoms with Gasteiger partial charge in [0.05, 0.1) is 7.11 Å². The highest BCUT2D eigenvalue weighted by molar-refractivity contribution is 9.10. The fourth-order valence-electron chi connectivity index (χ4n) is 3.23. The number of aromatic amines is 1. The van der Waals surface area contributed by atoms with Gasteiger partial charge in [-0.25, -0.2) is 22.7 Å². The van der Waals surface area contributed by atoms with Crippen LogP contribution in [0.4, 0.5) is 4.39 Å². The van der Waals surface area contributed by atoms with E-state index >= 15 is 0 Å². The van der Waals surface area contributed by atoms with E-state index in [1.165, 1.54) is 37.4 Å². The molecule has 8 nitrogen and oxygen atoms in total. The van der Waals surface area contributed by atoms with Crippen molar-refractivity contribution in [2.45, 2.75) is 30.7 Å². The SMILES string of the molecule is COc1cc(Cl)ccc1S(=O)(=O)N[C@H](c1n[nH]c(=O)o1)[C@H](C)c1c(Br)ccc(F)c1C. The Bertz CT molecular complexity index is 1280. The van der Waals surface area contributed by atoms with Gasteiger partial charge in [0.2, 0.25) is 15.9 Å². The van der Waals surface area contributed by atoms with Crippen molar-refractivity contribution in [3.63, 3.8) is 0 Å². The van der Waals surface area contributed by atoms with Crippen molar-refractivity contribution < 1.29 is 22.0 Å². The van der Waals surface area contributed by atoms with Crippen LogP contribution in [0.1, 0.15) is 35.9 Å². The summed E-state index contributed by atoms with van der Waals surface area (Å²) in [5.74, 6) is -2.19.